The maximum Gasteiger partial charge on any atom is 0.261 e. The number of anilines is 1. The number of aryl methyl sites for hydroxylation is 2. The lowest BCUT2D eigenvalue weighted by Crippen LogP contribution is -2.13. The van der Waals surface area contributed by atoms with E-state index in [0.29, 0.717) is 10.7 Å². The third-order valence-corrected chi connectivity index (χ3v) is 7.63. The number of rotatable bonds is 6. The lowest BCUT2D eigenvalue weighted by atomic mass is 10.00. The Hall–Kier alpha value is -2.45. The highest BCUT2D eigenvalue weighted by atomic mass is 35.5. The predicted octanol–water partition coefficient (Wildman–Crippen LogP) is 6.10. The number of hydrogen-bond acceptors (Lipinski definition) is 5. The van der Waals surface area contributed by atoms with E-state index in [4.69, 9.17) is 11.6 Å². The van der Waals surface area contributed by atoms with E-state index in [0.717, 1.165) is 38.5 Å². The number of fused-ring (bicyclic) bond motifs is 1. The Labute approximate surface area is 197 Å². The van der Waals surface area contributed by atoms with Gasteiger partial charge in [-0.3, -0.25) is 4.72 Å². The summed E-state index contributed by atoms with van der Waals surface area (Å²) in [6, 6.07) is 16.4. The van der Waals surface area contributed by atoms with Gasteiger partial charge in [-0.05, 0) is 69.4 Å². The van der Waals surface area contributed by atoms with Crippen LogP contribution in [0.4, 0.5) is 5.69 Å². The summed E-state index contributed by atoms with van der Waals surface area (Å²) in [5.41, 5.74) is 4.50. The van der Waals surface area contributed by atoms with Gasteiger partial charge in [0.05, 0.1) is 10.6 Å². The Morgan fingerprint density at radius 2 is 1.81 bits per heavy atom. The zero-order valence-corrected chi connectivity index (χ0v) is 20.7. The van der Waals surface area contributed by atoms with Crippen molar-refractivity contribution >= 4 is 48.9 Å². The first kappa shape index (κ1) is 22.7. The van der Waals surface area contributed by atoms with Gasteiger partial charge in [0.25, 0.3) is 10.0 Å². The van der Waals surface area contributed by atoms with E-state index >= 15 is 0 Å². The van der Waals surface area contributed by atoms with Crippen LogP contribution in [0.3, 0.4) is 0 Å². The zero-order valence-electron chi connectivity index (χ0n) is 18.3. The molecule has 0 aliphatic rings. The van der Waals surface area contributed by atoms with Crippen molar-refractivity contribution in [2.24, 2.45) is 0 Å². The Kier molecular flexibility index (Phi) is 6.27. The minimum absolute atomic E-state index is 0.120. The molecule has 4 aromatic rings. The molecule has 166 valence electrons. The lowest BCUT2D eigenvalue weighted by Gasteiger charge is -2.14. The minimum atomic E-state index is -3.82. The van der Waals surface area contributed by atoms with Gasteiger partial charge in [0, 0.05) is 33.1 Å². The van der Waals surface area contributed by atoms with E-state index in [2.05, 4.69) is 32.8 Å². The fourth-order valence-electron chi connectivity index (χ4n) is 3.79. The molecule has 32 heavy (non-hydrogen) atoms. The molecule has 0 bridgehead atoms. The Balaban J connectivity index is 1.88. The van der Waals surface area contributed by atoms with Crippen LogP contribution < -0.4 is 4.72 Å². The fraction of sp³-hybridized carbons (Fsp3) is 0.208. The fourth-order valence-corrected chi connectivity index (χ4v) is 6.27. The van der Waals surface area contributed by atoms with Gasteiger partial charge in [0.2, 0.25) is 0 Å². The van der Waals surface area contributed by atoms with Gasteiger partial charge in [-0.2, -0.15) is 0 Å². The first-order valence-electron chi connectivity index (χ1n) is 10.1. The van der Waals surface area contributed by atoms with Gasteiger partial charge in [0.1, 0.15) is 4.83 Å². The van der Waals surface area contributed by atoms with Crippen molar-refractivity contribution in [2.75, 3.05) is 18.8 Å². The molecule has 2 aromatic heterocycles. The molecular weight excluding hydrogens is 462 g/mol. The Morgan fingerprint density at radius 1 is 1.06 bits per heavy atom. The van der Waals surface area contributed by atoms with E-state index in [1.54, 1.807) is 29.5 Å². The summed E-state index contributed by atoms with van der Waals surface area (Å²) in [6.45, 7) is 4.73. The molecular formula is C24H24ClN3O2S2. The highest BCUT2D eigenvalue weighted by Crippen LogP contribution is 2.42. The second-order valence-electron chi connectivity index (χ2n) is 8.03. The number of sulfonamides is 1. The smallest absolute Gasteiger partial charge is 0.261 e. The number of pyridine rings is 1. The van der Waals surface area contributed by atoms with E-state index in [1.165, 1.54) is 17.7 Å². The largest absolute Gasteiger partial charge is 0.305 e. The second kappa shape index (κ2) is 8.83. The van der Waals surface area contributed by atoms with Crippen molar-refractivity contribution < 1.29 is 8.42 Å². The van der Waals surface area contributed by atoms with Gasteiger partial charge in [-0.25, -0.2) is 13.4 Å². The zero-order chi connectivity index (χ0) is 23.0. The number of nitrogens with zero attached hydrogens (tertiary/aromatic N) is 2. The number of benzene rings is 2. The van der Waals surface area contributed by atoms with Crippen LogP contribution in [0, 0.1) is 13.8 Å². The first-order chi connectivity index (χ1) is 15.1. The molecule has 0 amide bonds. The van der Waals surface area contributed by atoms with Gasteiger partial charge in [0.15, 0.2) is 0 Å². The van der Waals surface area contributed by atoms with Crippen molar-refractivity contribution in [1.82, 2.24) is 9.88 Å². The average Bonchev–Trinajstić information content (AvgIpc) is 3.03. The number of aromatic nitrogens is 1. The number of hydrogen-bond donors (Lipinski definition) is 1. The van der Waals surface area contributed by atoms with Gasteiger partial charge < -0.3 is 4.90 Å². The van der Waals surface area contributed by atoms with Crippen LogP contribution in [-0.2, 0) is 16.6 Å². The number of nitrogens with one attached hydrogen (secondary N) is 1. The van der Waals surface area contributed by atoms with Crippen LogP contribution in [-0.4, -0.2) is 32.4 Å². The highest BCUT2D eigenvalue weighted by molar-refractivity contribution is 7.92. The number of thiophene rings is 1. The summed E-state index contributed by atoms with van der Waals surface area (Å²) in [5.74, 6) is 0. The van der Waals surface area contributed by atoms with E-state index in [-0.39, 0.29) is 4.90 Å². The maximum absolute atomic E-state index is 13.1. The molecule has 0 atom stereocenters. The molecule has 2 heterocycles. The van der Waals surface area contributed by atoms with E-state index in [1.807, 2.05) is 34.0 Å². The second-order valence-corrected chi connectivity index (χ2v) is 11.3. The van der Waals surface area contributed by atoms with Crippen LogP contribution in [0.2, 0.25) is 5.02 Å². The third kappa shape index (κ3) is 4.66. The monoisotopic (exact) mass is 485 g/mol. The quantitative estimate of drug-likeness (QED) is 0.358. The van der Waals surface area contributed by atoms with Crippen LogP contribution in [0.25, 0.3) is 21.3 Å². The van der Waals surface area contributed by atoms with Gasteiger partial charge in [-0.15, -0.1) is 11.3 Å². The van der Waals surface area contributed by atoms with Crippen molar-refractivity contribution in [1.29, 1.82) is 0 Å². The van der Waals surface area contributed by atoms with Crippen LogP contribution in [0.5, 0.6) is 0 Å². The highest BCUT2D eigenvalue weighted by Gasteiger charge is 2.21. The summed E-state index contributed by atoms with van der Waals surface area (Å²) in [4.78, 5) is 8.81. The first-order valence-corrected chi connectivity index (χ1v) is 12.7. The van der Waals surface area contributed by atoms with E-state index < -0.39 is 10.0 Å². The number of halogens is 1. The van der Waals surface area contributed by atoms with Gasteiger partial charge >= 0.3 is 0 Å². The van der Waals surface area contributed by atoms with Gasteiger partial charge in [-0.1, -0.05) is 35.9 Å². The molecule has 0 unspecified atom stereocenters. The third-order valence-electron chi connectivity index (χ3n) is 5.03. The Bertz CT molecular complexity index is 1410. The molecule has 8 heteroatoms. The summed E-state index contributed by atoms with van der Waals surface area (Å²) in [6.07, 6.45) is 0. The molecule has 0 aliphatic carbocycles. The molecule has 0 aliphatic heterocycles. The van der Waals surface area contributed by atoms with Crippen molar-refractivity contribution in [2.45, 2.75) is 25.3 Å². The molecule has 4 rings (SSSR count). The van der Waals surface area contributed by atoms with Crippen molar-refractivity contribution in [3.63, 3.8) is 0 Å². The molecule has 5 nitrogen and oxygen atoms in total. The summed E-state index contributed by atoms with van der Waals surface area (Å²) >= 11 is 7.60. The van der Waals surface area contributed by atoms with Crippen LogP contribution in [0.1, 0.15) is 16.1 Å². The molecule has 0 saturated carbocycles. The molecule has 1 N–H and O–H groups in total. The molecule has 2 aromatic carbocycles. The maximum atomic E-state index is 13.1. The minimum Gasteiger partial charge on any atom is -0.305 e. The summed E-state index contributed by atoms with van der Waals surface area (Å²) in [7, 11) is 0.248. The standard InChI is InChI=1S/C24H24ClN3O2S2/c1-15-11-21(27-32(29,30)20-10-6-9-19(25)13-20)23-22(16(2)31-24(23)26-15)18-8-5-7-17(12-18)14-28(3)4/h5-13H,14H2,1-4H3,(H,26,27). The van der Waals surface area contributed by atoms with Crippen LogP contribution in [0.15, 0.2) is 59.5 Å². The average molecular weight is 486 g/mol. The van der Waals surface area contributed by atoms with Crippen molar-refractivity contribution in [3.8, 4) is 11.1 Å². The molecule has 0 fully saturated rings. The summed E-state index contributed by atoms with van der Waals surface area (Å²) < 4.78 is 29.1. The summed E-state index contributed by atoms with van der Waals surface area (Å²) in [5, 5.41) is 1.18. The SMILES string of the molecule is Cc1cc(NS(=O)(=O)c2cccc(Cl)c2)c2c(-c3cccc(CN(C)C)c3)c(C)sc2n1. The lowest BCUT2D eigenvalue weighted by molar-refractivity contribution is 0.402. The van der Waals surface area contributed by atoms with Crippen molar-refractivity contribution in [3.05, 3.63) is 75.8 Å². The topological polar surface area (TPSA) is 62.3 Å². The molecule has 0 saturated heterocycles. The van der Waals surface area contributed by atoms with Crippen LogP contribution >= 0.6 is 22.9 Å². The van der Waals surface area contributed by atoms with E-state index in [9.17, 15) is 8.42 Å². The Morgan fingerprint density at radius 3 is 2.53 bits per heavy atom. The predicted molar refractivity (Wildman–Crippen MR) is 134 cm³/mol. The molecule has 0 radical (unpaired) electrons. The normalized spacial score (nSPS) is 11.9. The molecule has 0 spiro atoms.